The Kier molecular flexibility index (Phi) is 4.09. The van der Waals surface area contributed by atoms with Gasteiger partial charge in [-0.05, 0) is 42.2 Å². The van der Waals surface area contributed by atoms with E-state index >= 15 is 0 Å². The third-order valence-corrected chi connectivity index (χ3v) is 6.47. The fourth-order valence-electron chi connectivity index (χ4n) is 5.26. The van der Waals surface area contributed by atoms with Crippen LogP contribution >= 0.6 is 0 Å². The van der Waals surface area contributed by atoms with Gasteiger partial charge >= 0.3 is 0 Å². The van der Waals surface area contributed by atoms with Gasteiger partial charge < -0.3 is 11.1 Å². The highest BCUT2D eigenvalue weighted by Crippen LogP contribution is 2.57. The number of nitrogens with one attached hydrogen (secondary N) is 1. The maximum atomic E-state index is 14.4. The minimum absolute atomic E-state index is 0.0650. The van der Waals surface area contributed by atoms with Crippen LogP contribution in [-0.4, -0.2) is 11.7 Å². The molecule has 6 nitrogen and oxygen atoms in total. The summed E-state index contributed by atoms with van der Waals surface area (Å²) in [4.78, 5) is 28.9. The average Bonchev–Trinajstić information content (AvgIpc) is 3.00. The molecule has 3 N–H and O–H groups in total. The molecule has 0 bridgehead atoms. The van der Waals surface area contributed by atoms with Gasteiger partial charge in [0, 0.05) is 34.6 Å². The summed E-state index contributed by atoms with van der Waals surface area (Å²) in [5.41, 5.74) is 6.43. The van der Waals surface area contributed by atoms with Gasteiger partial charge in [0.1, 0.15) is 23.1 Å². The number of carbonyl (C=O) groups is 2. The average molecular weight is 428 g/mol. The van der Waals surface area contributed by atoms with Crippen molar-refractivity contribution in [3.63, 3.8) is 0 Å². The van der Waals surface area contributed by atoms with Gasteiger partial charge in [0.25, 0.3) is 0 Å². The monoisotopic (exact) mass is 428 g/mol. The Morgan fingerprint density at radius 2 is 1.84 bits per heavy atom. The number of nitriles is 1. The lowest BCUT2D eigenvalue weighted by Gasteiger charge is -2.46. The number of hydrogen-bond donors (Lipinski definition) is 2. The first kappa shape index (κ1) is 20.0. The zero-order chi connectivity index (χ0) is 22.8. The van der Waals surface area contributed by atoms with Crippen LogP contribution < -0.4 is 16.0 Å². The molecule has 1 amide bonds. The number of Topliss-reactive ketones (excluding diaryl/α,β-unsaturated/α-hetero) is 1. The quantitative estimate of drug-likeness (QED) is 0.718. The van der Waals surface area contributed by atoms with Crippen molar-refractivity contribution in [2.24, 2.45) is 11.1 Å². The number of hydrogen-bond acceptors (Lipinski definition) is 5. The fourth-order valence-corrected chi connectivity index (χ4v) is 5.26. The first-order valence-corrected chi connectivity index (χ1v) is 10.3. The molecule has 3 aliphatic rings. The number of halogens is 1. The van der Waals surface area contributed by atoms with Gasteiger partial charge in [-0.2, -0.15) is 5.26 Å². The molecule has 7 heteroatoms. The molecule has 5 rings (SSSR count). The lowest BCUT2D eigenvalue weighted by atomic mass is 9.60. The molecule has 2 aromatic carbocycles. The molecule has 0 fully saturated rings. The number of carbonyl (C=O) groups excluding carboxylic acids is 2. The van der Waals surface area contributed by atoms with Crippen LogP contribution in [0.1, 0.15) is 32.3 Å². The first-order chi connectivity index (χ1) is 15.2. The Morgan fingerprint density at radius 1 is 1.12 bits per heavy atom. The predicted molar refractivity (Wildman–Crippen MR) is 118 cm³/mol. The molecule has 0 unspecified atom stereocenters. The van der Waals surface area contributed by atoms with Gasteiger partial charge in [0.15, 0.2) is 5.78 Å². The topological polar surface area (TPSA) is 99.2 Å². The zero-order valence-electron chi connectivity index (χ0n) is 17.7. The van der Waals surface area contributed by atoms with Crippen molar-refractivity contribution < 1.29 is 14.0 Å². The highest BCUT2D eigenvalue weighted by atomic mass is 19.1. The van der Waals surface area contributed by atoms with Crippen molar-refractivity contribution in [2.45, 2.75) is 32.1 Å². The number of anilines is 2. The van der Waals surface area contributed by atoms with Crippen molar-refractivity contribution in [3.8, 4) is 6.07 Å². The summed E-state index contributed by atoms with van der Waals surface area (Å²) in [6.07, 6.45) is 0.662. The number of rotatable bonds is 1. The highest BCUT2D eigenvalue weighted by Gasteiger charge is 2.61. The predicted octanol–water partition coefficient (Wildman–Crippen LogP) is 3.87. The van der Waals surface area contributed by atoms with E-state index in [-0.39, 0.29) is 40.1 Å². The van der Waals surface area contributed by atoms with E-state index in [4.69, 9.17) is 5.73 Å². The summed E-state index contributed by atoms with van der Waals surface area (Å²) >= 11 is 0. The van der Waals surface area contributed by atoms with Crippen molar-refractivity contribution in [1.29, 1.82) is 5.26 Å². The van der Waals surface area contributed by atoms with Crippen molar-refractivity contribution in [2.75, 3.05) is 10.2 Å². The smallest absolute Gasteiger partial charge is 0.245 e. The number of amides is 1. The number of fused-ring (bicyclic) bond motifs is 3. The lowest BCUT2D eigenvalue weighted by Crippen LogP contribution is -2.52. The van der Waals surface area contributed by atoms with Crippen molar-refractivity contribution in [3.05, 3.63) is 82.6 Å². The normalized spacial score (nSPS) is 23.8. The largest absolute Gasteiger partial charge is 0.384 e. The highest BCUT2D eigenvalue weighted by molar-refractivity contribution is 6.20. The Balaban J connectivity index is 1.92. The number of benzene rings is 2. The second-order valence-electron chi connectivity index (χ2n) is 9.20. The van der Waals surface area contributed by atoms with Gasteiger partial charge in [-0.3, -0.25) is 14.5 Å². The summed E-state index contributed by atoms with van der Waals surface area (Å²) in [6, 6.07) is 15.2. The molecule has 0 saturated heterocycles. The molecular weight excluding hydrogens is 407 g/mol. The van der Waals surface area contributed by atoms with E-state index < -0.39 is 17.1 Å². The Morgan fingerprint density at radius 3 is 2.53 bits per heavy atom. The van der Waals surface area contributed by atoms with Crippen LogP contribution in [-0.2, 0) is 15.0 Å². The van der Waals surface area contributed by atoms with Crippen LogP contribution in [0.5, 0.6) is 0 Å². The van der Waals surface area contributed by atoms with Crippen LogP contribution in [0.2, 0.25) is 0 Å². The van der Waals surface area contributed by atoms with E-state index in [1.54, 1.807) is 4.90 Å². The number of para-hydroxylation sites is 1. The standard InChI is InChI=1S/C25H21FN4O2/c1-24(2)11-19-21(20(31)12-24)25(16-10-14(26)8-9-18(16)29-23(25)32)17(13-27)22(28)30(19)15-6-4-3-5-7-15/h3-10H,11-12,28H2,1-2H3,(H,29,32)/t25-/m1/s1. The number of nitrogens with zero attached hydrogens (tertiary/aromatic N) is 2. The molecule has 2 aliphatic heterocycles. The maximum Gasteiger partial charge on any atom is 0.245 e. The molecule has 0 radical (unpaired) electrons. The molecule has 2 aromatic rings. The van der Waals surface area contributed by atoms with E-state index in [0.29, 0.717) is 23.5 Å². The molecule has 0 saturated carbocycles. The van der Waals surface area contributed by atoms with Crippen molar-refractivity contribution in [1.82, 2.24) is 0 Å². The van der Waals surface area contributed by atoms with Gasteiger partial charge in [-0.15, -0.1) is 0 Å². The molecule has 160 valence electrons. The van der Waals surface area contributed by atoms with Gasteiger partial charge in [0.05, 0.1) is 5.57 Å². The summed E-state index contributed by atoms with van der Waals surface area (Å²) < 4.78 is 14.4. The molecule has 1 atom stereocenters. The van der Waals surface area contributed by atoms with Crippen molar-refractivity contribution >= 4 is 23.1 Å². The molecule has 1 aliphatic carbocycles. The Hall–Kier alpha value is -3.92. The second-order valence-corrected chi connectivity index (χ2v) is 9.20. The van der Waals surface area contributed by atoms with E-state index in [1.807, 2.05) is 44.2 Å². The van der Waals surface area contributed by atoms with Gasteiger partial charge in [-0.1, -0.05) is 32.0 Å². The number of nitrogens with two attached hydrogens (primary N) is 1. The summed E-state index contributed by atoms with van der Waals surface area (Å²) in [7, 11) is 0. The molecule has 32 heavy (non-hydrogen) atoms. The van der Waals surface area contributed by atoms with E-state index in [1.165, 1.54) is 18.2 Å². The van der Waals surface area contributed by atoms with E-state index in [0.717, 1.165) is 0 Å². The Labute approximate surface area is 184 Å². The van der Waals surface area contributed by atoms with E-state index in [9.17, 15) is 19.2 Å². The van der Waals surface area contributed by atoms with Crippen LogP contribution in [0.15, 0.2) is 71.2 Å². The molecular formula is C25H21FN4O2. The molecule has 2 heterocycles. The van der Waals surface area contributed by atoms with E-state index in [2.05, 4.69) is 11.4 Å². The van der Waals surface area contributed by atoms with Gasteiger partial charge in [-0.25, -0.2) is 4.39 Å². The van der Waals surface area contributed by atoms with Crippen LogP contribution in [0, 0.1) is 22.6 Å². The van der Waals surface area contributed by atoms with Crippen LogP contribution in [0.3, 0.4) is 0 Å². The SMILES string of the molecule is CC1(C)CC(=O)C2=C(C1)N(c1ccccc1)C(N)=C(C#N)[C@@]21C(=O)Nc2ccc(F)cc21. The van der Waals surface area contributed by atoms with Crippen LogP contribution in [0.25, 0.3) is 0 Å². The summed E-state index contributed by atoms with van der Waals surface area (Å²) in [6.45, 7) is 3.96. The molecule has 1 spiro atoms. The number of ketones is 1. The first-order valence-electron chi connectivity index (χ1n) is 10.3. The third-order valence-electron chi connectivity index (χ3n) is 6.47. The maximum absolute atomic E-state index is 14.4. The molecule has 0 aromatic heterocycles. The fraction of sp³-hybridized carbons (Fsp3) is 0.240. The summed E-state index contributed by atoms with van der Waals surface area (Å²) in [5, 5.41) is 13.0. The van der Waals surface area contributed by atoms with Crippen LogP contribution in [0.4, 0.5) is 15.8 Å². The van der Waals surface area contributed by atoms with Gasteiger partial charge in [0.2, 0.25) is 5.91 Å². The minimum Gasteiger partial charge on any atom is -0.384 e. The summed E-state index contributed by atoms with van der Waals surface area (Å²) in [5.74, 6) is -1.31. The minimum atomic E-state index is -1.77. The zero-order valence-corrected chi connectivity index (χ0v) is 17.7. The Bertz CT molecular complexity index is 1300. The third kappa shape index (κ3) is 2.50. The second kappa shape index (κ2) is 6.54. The lowest BCUT2D eigenvalue weighted by molar-refractivity contribution is -0.123. The number of allylic oxidation sites excluding steroid dienone is 1.